The van der Waals surface area contributed by atoms with Gasteiger partial charge in [-0.2, -0.15) is 13.2 Å². The van der Waals surface area contributed by atoms with Gasteiger partial charge in [-0.3, -0.25) is 4.79 Å². The number of carbonyl (C=O) groups excluding carboxylic acids is 1. The molecule has 0 aliphatic rings. The second-order valence-electron chi connectivity index (χ2n) is 4.91. The first-order chi connectivity index (χ1) is 11.4. The van der Waals surface area contributed by atoms with E-state index in [1.54, 1.807) is 24.3 Å². The lowest BCUT2D eigenvalue weighted by Crippen LogP contribution is -2.28. The second-order valence-corrected chi connectivity index (χ2v) is 4.91. The van der Waals surface area contributed by atoms with Crippen LogP contribution in [-0.2, 0) is 17.5 Å². The quantitative estimate of drug-likeness (QED) is 0.877. The van der Waals surface area contributed by atoms with Crippen molar-refractivity contribution < 1.29 is 27.4 Å². The van der Waals surface area contributed by atoms with E-state index in [0.717, 1.165) is 12.1 Å². The molecule has 128 valence electrons. The third-order valence-corrected chi connectivity index (χ3v) is 3.20. The Hall–Kier alpha value is -2.70. The number of hydrogen-bond acceptors (Lipinski definition) is 3. The maximum atomic E-state index is 12.5. The molecule has 0 fully saturated rings. The lowest BCUT2D eigenvalue weighted by molar-refractivity contribution is -0.137. The average molecular weight is 339 g/mol. The summed E-state index contributed by atoms with van der Waals surface area (Å²) in [6, 6.07) is 11.5. The number of rotatable bonds is 6. The highest BCUT2D eigenvalue weighted by Gasteiger charge is 2.29. The summed E-state index contributed by atoms with van der Waals surface area (Å²) in [4.78, 5) is 11.8. The van der Waals surface area contributed by atoms with Crippen LogP contribution in [0.1, 0.15) is 11.1 Å². The molecular weight excluding hydrogens is 323 g/mol. The molecule has 1 N–H and O–H groups in total. The summed E-state index contributed by atoms with van der Waals surface area (Å²) in [6.07, 6.45) is -4.37. The molecule has 0 saturated carbocycles. The fourth-order valence-electron chi connectivity index (χ4n) is 1.94. The summed E-state index contributed by atoms with van der Waals surface area (Å²) in [5.74, 6) is 0.554. The van der Waals surface area contributed by atoms with Crippen molar-refractivity contribution in [2.24, 2.45) is 0 Å². The second kappa shape index (κ2) is 7.72. The summed E-state index contributed by atoms with van der Waals surface area (Å²) >= 11 is 0. The molecule has 0 unspecified atom stereocenters. The van der Waals surface area contributed by atoms with Gasteiger partial charge in [-0.15, -0.1) is 0 Å². The van der Waals surface area contributed by atoms with E-state index < -0.39 is 11.7 Å². The zero-order chi connectivity index (χ0) is 17.6. The Morgan fingerprint density at radius 1 is 1.04 bits per heavy atom. The first kappa shape index (κ1) is 17.7. The minimum absolute atomic E-state index is 0.117. The number of alkyl halides is 3. The van der Waals surface area contributed by atoms with Crippen LogP contribution in [0.5, 0.6) is 11.5 Å². The molecule has 4 nitrogen and oxygen atoms in total. The van der Waals surface area contributed by atoms with Crippen molar-refractivity contribution in [3.8, 4) is 11.5 Å². The van der Waals surface area contributed by atoms with Gasteiger partial charge in [0.15, 0.2) is 18.1 Å². The highest BCUT2D eigenvalue weighted by atomic mass is 19.4. The van der Waals surface area contributed by atoms with Gasteiger partial charge in [0.25, 0.3) is 5.91 Å². The molecule has 0 atom stereocenters. The smallest absolute Gasteiger partial charge is 0.416 e. The van der Waals surface area contributed by atoms with E-state index in [-0.39, 0.29) is 19.1 Å². The largest absolute Gasteiger partial charge is 0.493 e. The number of amides is 1. The molecule has 7 heteroatoms. The predicted octanol–water partition coefficient (Wildman–Crippen LogP) is 3.41. The van der Waals surface area contributed by atoms with Gasteiger partial charge in [0, 0.05) is 6.54 Å². The van der Waals surface area contributed by atoms with E-state index in [0.29, 0.717) is 17.1 Å². The molecule has 2 aromatic carbocycles. The van der Waals surface area contributed by atoms with E-state index in [1.807, 2.05) is 0 Å². The fourth-order valence-corrected chi connectivity index (χ4v) is 1.94. The number of benzene rings is 2. The number of para-hydroxylation sites is 2. The van der Waals surface area contributed by atoms with Crippen molar-refractivity contribution in [3.63, 3.8) is 0 Å². The van der Waals surface area contributed by atoms with Gasteiger partial charge < -0.3 is 14.8 Å². The molecule has 0 aliphatic carbocycles. The maximum Gasteiger partial charge on any atom is 0.416 e. The van der Waals surface area contributed by atoms with Gasteiger partial charge in [-0.05, 0) is 29.8 Å². The molecule has 0 saturated heterocycles. The highest BCUT2D eigenvalue weighted by molar-refractivity contribution is 5.77. The minimum Gasteiger partial charge on any atom is -0.493 e. The third kappa shape index (κ3) is 4.91. The molecule has 2 aromatic rings. The van der Waals surface area contributed by atoms with Crippen molar-refractivity contribution >= 4 is 5.91 Å². The van der Waals surface area contributed by atoms with Crippen LogP contribution in [0, 0.1) is 0 Å². The van der Waals surface area contributed by atoms with Crippen LogP contribution in [-0.4, -0.2) is 19.6 Å². The van der Waals surface area contributed by atoms with Crippen LogP contribution in [0.3, 0.4) is 0 Å². The predicted molar refractivity (Wildman–Crippen MR) is 81.8 cm³/mol. The average Bonchev–Trinajstić information content (AvgIpc) is 2.58. The Morgan fingerprint density at radius 2 is 1.67 bits per heavy atom. The molecule has 24 heavy (non-hydrogen) atoms. The Morgan fingerprint density at radius 3 is 2.25 bits per heavy atom. The topological polar surface area (TPSA) is 47.6 Å². The SMILES string of the molecule is COc1ccccc1OCC(=O)NCc1ccc(C(F)(F)F)cc1. The molecule has 0 aliphatic heterocycles. The van der Waals surface area contributed by atoms with Crippen molar-refractivity contribution in [2.75, 3.05) is 13.7 Å². The van der Waals surface area contributed by atoms with E-state index in [1.165, 1.54) is 19.2 Å². The van der Waals surface area contributed by atoms with E-state index >= 15 is 0 Å². The minimum atomic E-state index is -4.37. The first-order valence-corrected chi connectivity index (χ1v) is 7.09. The van der Waals surface area contributed by atoms with Crippen molar-refractivity contribution in [3.05, 3.63) is 59.7 Å². The number of methoxy groups -OCH3 is 1. The Balaban J connectivity index is 1.83. The Bertz CT molecular complexity index is 684. The normalized spacial score (nSPS) is 11.0. The van der Waals surface area contributed by atoms with Gasteiger partial charge >= 0.3 is 6.18 Å². The molecule has 1 amide bonds. The molecule has 2 rings (SSSR count). The molecular formula is C17H16F3NO3. The maximum absolute atomic E-state index is 12.5. The van der Waals surface area contributed by atoms with Crippen LogP contribution < -0.4 is 14.8 Å². The number of nitrogens with one attached hydrogen (secondary N) is 1. The fraction of sp³-hybridized carbons (Fsp3) is 0.235. The lowest BCUT2D eigenvalue weighted by Gasteiger charge is -2.11. The van der Waals surface area contributed by atoms with Crippen LogP contribution >= 0.6 is 0 Å². The first-order valence-electron chi connectivity index (χ1n) is 7.09. The third-order valence-electron chi connectivity index (χ3n) is 3.20. The molecule has 0 radical (unpaired) electrons. The molecule has 0 heterocycles. The number of ether oxygens (including phenoxy) is 2. The monoisotopic (exact) mass is 339 g/mol. The summed E-state index contributed by atoms with van der Waals surface area (Å²) in [5, 5.41) is 2.58. The standard InChI is InChI=1S/C17H16F3NO3/c1-23-14-4-2-3-5-15(14)24-11-16(22)21-10-12-6-8-13(9-7-12)17(18,19)20/h2-9H,10-11H2,1H3,(H,21,22). The van der Waals surface area contributed by atoms with Crippen LogP contribution in [0.25, 0.3) is 0 Å². The number of carbonyl (C=O) groups is 1. The van der Waals surface area contributed by atoms with Gasteiger partial charge in [0.1, 0.15) is 0 Å². The Kier molecular flexibility index (Phi) is 5.68. The highest BCUT2D eigenvalue weighted by Crippen LogP contribution is 2.29. The van der Waals surface area contributed by atoms with Crippen molar-refractivity contribution in [2.45, 2.75) is 12.7 Å². The number of halogens is 3. The molecule has 0 aromatic heterocycles. The lowest BCUT2D eigenvalue weighted by atomic mass is 10.1. The summed E-state index contributed by atoms with van der Waals surface area (Å²) in [5.41, 5.74) is -0.161. The van der Waals surface area contributed by atoms with Gasteiger partial charge in [-0.1, -0.05) is 24.3 Å². The zero-order valence-corrected chi connectivity index (χ0v) is 12.9. The van der Waals surface area contributed by atoms with E-state index in [9.17, 15) is 18.0 Å². The van der Waals surface area contributed by atoms with E-state index in [4.69, 9.17) is 9.47 Å². The van der Waals surface area contributed by atoms with Crippen LogP contribution in [0.15, 0.2) is 48.5 Å². The summed E-state index contributed by atoms with van der Waals surface area (Å²) in [6.45, 7) is -0.104. The van der Waals surface area contributed by atoms with Crippen molar-refractivity contribution in [1.29, 1.82) is 0 Å². The number of hydrogen-bond donors (Lipinski definition) is 1. The van der Waals surface area contributed by atoms with Gasteiger partial charge in [-0.25, -0.2) is 0 Å². The summed E-state index contributed by atoms with van der Waals surface area (Å²) < 4.78 is 47.8. The van der Waals surface area contributed by atoms with Crippen LogP contribution in [0.2, 0.25) is 0 Å². The molecule has 0 spiro atoms. The van der Waals surface area contributed by atoms with Gasteiger partial charge in [0.2, 0.25) is 0 Å². The van der Waals surface area contributed by atoms with E-state index in [2.05, 4.69) is 5.32 Å². The molecule has 0 bridgehead atoms. The van der Waals surface area contributed by atoms with Crippen LogP contribution in [0.4, 0.5) is 13.2 Å². The van der Waals surface area contributed by atoms with Gasteiger partial charge in [0.05, 0.1) is 12.7 Å². The Labute approximate surface area is 137 Å². The summed E-state index contributed by atoms with van der Waals surface area (Å²) in [7, 11) is 1.49. The van der Waals surface area contributed by atoms with Crippen molar-refractivity contribution in [1.82, 2.24) is 5.32 Å². The zero-order valence-electron chi connectivity index (χ0n) is 12.9.